The highest BCUT2D eigenvalue weighted by Gasteiger charge is 2.50. The number of hydrogen-bond acceptors (Lipinski definition) is 3. The first kappa shape index (κ1) is 11.0. The van der Waals surface area contributed by atoms with Gasteiger partial charge in [0.1, 0.15) is 5.41 Å². The third-order valence-corrected chi connectivity index (χ3v) is 2.47. The number of carboxylic acids is 1. The number of carbonyl (C=O) groups is 2. The first-order chi connectivity index (χ1) is 6.52. The molecule has 80 valence electrons. The summed E-state index contributed by atoms with van der Waals surface area (Å²) in [5.41, 5.74) is -0.873. The number of aliphatic carboxylic acids is 1. The van der Waals surface area contributed by atoms with Gasteiger partial charge in [-0.05, 0) is 6.92 Å². The fraction of sp³-hybridized carbons (Fsp3) is 0.778. The van der Waals surface area contributed by atoms with Crippen molar-refractivity contribution in [3.63, 3.8) is 0 Å². The van der Waals surface area contributed by atoms with Crippen LogP contribution in [0.15, 0.2) is 0 Å². The maximum atomic E-state index is 11.0. The van der Waals surface area contributed by atoms with Crippen molar-refractivity contribution in [1.82, 2.24) is 4.90 Å². The molecule has 0 aromatic carbocycles. The van der Waals surface area contributed by atoms with E-state index in [1.165, 1.54) is 11.8 Å². The Balaban J connectivity index is 2.53. The predicted molar refractivity (Wildman–Crippen MR) is 48.8 cm³/mol. The summed E-state index contributed by atoms with van der Waals surface area (Å²) >= 11 is 0. The summed E-state index contributed by atoms with van der Waals surface area (Å²) in [6.45, 7) is 4.45. The normalized spacial score (nSPS) is 18.9. The highest BCUT2D eigenvalue weighted by atomic mass is 16.5. The van der Waals surface area contributed by atoms with Crippen LogP contribution in [0.3, 0.4) is 0 Å². The molecule has 1 rings (SSSR count). The van der Waals surface area contributed by atoms with Crippen molar-refractivity contribution < 1.29 is 19.4 Å². The van der Waals surface area contributed by atoms with Gasteiger partial charge in [-0.1, -0.05) is 0 Å². The predicted octanol–water partition coefficient (Wildman–Crippen LogP) is -0.0440. The molecular weight excluding hydrogens is 186 g/mol. The Hall–Kier alpha value is -1.10. The standard InChI is InChI=1S/C9H15NO4/c1-3-14-6-9(8(12)13)4-10(5-9)7(2)11/h3-6H2,1-2H3,(H,12,13). The summed E-state index contributed by atoms with van der Waals surface area (Å²) in [6.07, 6.45) is 0. The summed E-state index contributed by atoms with van der Waals surface area (Å²) in [5.74, 6) is -0.971. The molecule has 1 amide bonds. The molecular formula is C9H15NO4. The van der Waals surface area contributed by atoms with Crippen LogP contribution in [0.25, 0.3) is 0 Å². The number of carbonyl (C=O) groups excluding carboxylic acids is 1. The van der Waals surface area contributed by atoms with Crippen molar-refractivity contribution in [3.8, 4) is 0 Å². The monoisotopic (exact) mass is 201 g/mol. The summed E-state index contributed by atoms with van der Waals surface area (Å²) < 4.78 is 5.11. The van der Waals surface area contributed by atoms with Crippen LogP contribution in [-0.4, -0.2) is 48.2 Å². The number of amides is 1. The first-order valence-electron chi connectivity index (χ1n) is 4.58. The Kier molecular flexibility index (Phi) is 3.10. The molecule has 5 heteroatoms. The molecule has 5 nitrogen and oxygen atoms in total. The van der Waals surface area contributed by atoms with E-state index in [9.17, 15) is 9.59 Å². The van der Waals surface area contributed by atoms with Gasteiger partial charge >= 0.3 is 5.97 Å². The molecule has 0 aromatic rings. The zero-order valence-electron chi connectivity index (χ0n) is 8.45. The molecule has 0 spiro atoms. The minimum absolute atomic E-state index is 0.0848. The van der Waals surface area contributed by atoms with E-state index in [-0.39, 0.29) is 25.6 Å². The lowest BCUT2D eigenvalue weighted by Crippen LogP contribution is -2.63. The summed E-state index contributed by atoms with van der Waals surface area (Å²) in [7, 11) is 0. The number of carboxylic acid groups (broad SMARTS) is 1. The molecule has 0 aliphatic carbocycles. The van der Waals surface area contributed by atoms with Crippen LogP contribution in [0.2, 0.25) is 0 Å². The van der Waals surface area contributed by atoms with Crippen molar-refractivity contribution >= 4 is 11.9 Å². The summed E-state index contributed by atoms with van der Waals surface area (Å²) in [5, 5.41) is 8.99. The summed E-state index contributed by atoms with van der Waals surface area (Å²) in [4.78, 5) is 23.4. The van der Waals surface area contributed by atoms with Gasteiger partial charge < -0.3 is 14.7 Å². The van der Waals surface area contributed by atoms with Crippen molar-refractivity contribution in [2.45, 2.75) is 13.8 Å². The van der Waals surface area contributed by atoms with Crippen LogP contribution >= 0.6 is 0 Å². The topological polar surface area (TPSA) is 66.8 Å². The maximum Gasteiger partial charge on any atom is 0.315 e. The van der Waals surface area contributed by atoms with Gasteiger partial charge in [0.2, 0.25) is 5.91 Å². The average Bonchev–Trinajstić information content (AvgIpc) is 2.01. The zero-order chi connectivity index (χ0) is 10.8. The third kappa shape index (κ3) is 1.87. The Morgan fingerprint density at radius 2 is 2.07 bits per heavy atom. The molecule has 0 unspecified atom stereocenters. The lowest BCUT2D eigenvalue weighted by Gasteiger charge is -2.46. The van der Waals surface area contributed by atoms with E-state index in [0.29, 0.717) is 6.61 Å². The van der Waals surface area contributed by atoms with Crippen LogP contribution < -0.4 is 0 Å². The molecule has 1 N–H and O–H groups in total. The molecule has 0 atom stereocenters. The Labute approximate surface area is 82.6 Å². The van der Waals surface area contributed by atoms with Gasteiger partial charge in [-0.25, -0.2) is 0 Å². The zero-order valence-corrected chi connectivity index (χ0v) is 8.45. The van der Waals surface area contributed by atoms with Gasteiger partial charge in [-0.2, -0.15) is 0 Å². The van der Waals surface area contributed by atoms with E-state index in [1.54, 1.807) is 0 Å². The Morgan fingerprint density at radius 1 is 1.50 bits per heavy atom. The van der Waals surface area contributed by atoms with E-state index in [2.05, 4.69) is 0 Å². The molecule has 14 heavy (non-hydrogen) atoms. The molecule has 1 saturated heterocycles. The lowest BCUT2D eigenvalue weighted by molar-refractivity contribution is -0.171. The minimum atomic E-state index is -0.886. The van der Waals surface area contributed by atoms with Crippen molar-refractivity contribution in [2.75, 3.05) is 26.3 Å². The van der Waals surface area contributed by atoms with Gasteiger partial charge in [0.05, 0.1) is 6.61 Å². The van der Waals surface area contributed by atoms with Crippen LogP contribution in [0.5, 0.6) is 0 Å². The number of rotatable bonds is 4. The van der Waals surface area contributed by atoms with E-state index >= 15 is 0 Å². The van der Waals surface area contributed by atoms with Crippen LogP contribution in [-0.2, 0) is 14.3 Å². The SMILES string of the molecule is CCOCC1(C(=O)O)CN(C(C)=O)C1. The van der Waals surface area contributed by atoms with Crippen LogP contribution in [0, 0.1) is 5.41 Å². The Bertz CT molecular complexity index is 245. The number of nitrogens with zero attached hydrogens (tertiary/aromatic N) is 1. The third-order valence-electron chi connectivity index (χ3n) is 2.47. The van der Waals surface area contributed by atoms with Gasteiger partial charge in [-0.3, -0.25) is 9.59 Å². The lowest BCUT2D eigenvalue weighted by atomic mass is 9.80. The highest BCUT2D eigenvalue weighted by Crippen LogP contribution is 2.31. The quantitative estimate of drug-likeness (QED) is 0.692. The Morgan fingerprint density at radius 3 is 2.43 bits per heavy atom. The maximum absolute atomic E-state index is 11.0. The molecule has 0 radical (unpaired) electrons. The van der Waals surface area contributed by atoms with Gasteiger partial charge in [0.25, 0.3) is 0 Å². The molecule has 1 heterocycles. The van der Waals surface area contributed by atoms with E-state index in [4.69, 9.17) is 9.84 Å². The molecule has 1 fully saturated rings. The number of hydrogen-bond donors (Lipinski definition) is 1. The first-order valence-corrected chi connectivity index (χ1v) is 4.58. The number of likely N-dealkylation sites (tertiary alicyclic amines) is 1. The second-order valence-corrected chi connectivity index (χ2v) is 3.60. The second-order valence-electron chi connectivity index (χ2n) is 3.60. The largest absolute Gasteiger partial charge is 0.481 e. The molecule has 0 saturated carbocycles. The highest BCUT2D eigenvalue weighted by molar-refractivity contribution is 5.82. The molecule has 1 aliphatic heterocycles. The fourth-order valence-electron chi connectivity index (χ4n) is 1.49. The molecule has 0 aromatic heterocycles. The van der Waals surface area contributed by atoms with Crippen molar-refractivity contribution in [2.24, 2.45) is 5.41 Å². The van der Waals surface area contributed by atoms with Crippen LogP contribution in [0.1, 0.15) is 13.8 Å². The fourth-order valence-corrected chi connectivity index (χ4v) is 1.49. The second kappa shape index (κ2) is 3.96. The molecule has 0 bridgehead atoms. The van der Waals surface area contributed by atoms with Crippen molar-refractivity contribution in [3.05, 3.63) is 0 Å². The van der Waals surface area contributed by atoms with Gasteiger partial charge in [0, 0.05) is 26.6 Å². The van der Waals surface area contributed by atoms with E-state index in [0.717, 1.165) is 0 Å². The van der Waals surface area contributed by atoms with Crippen LogP contribution in [0.4, 0.5) is 0 Å². The summed E-state index contributed by atoms with van der Waals surface area (Å²) in [6, 6.07) is 0. The van der Waals surface area contributed by atoms with Crippen molar-refractivity contribution in [1.29, 1.82) is 0 Å². The number of ether oxygens (including phenoxy) is 1. The smallest absolute Gasteiger partial charge is 0.315 e. The van der Waals surface area contributed by atoms with E-state index in [1.807, 2.05) is 6.92 Å². The average molecular weight is 201 g/mol. The molecule has 1 aliphatic rings. The minimum Gasteiger partial charge on any atom is -0.481 e. The van der Waals surface area contributed by atoms with E-state index < -0.39 is 11.4 Å². The van der Waals surface area contributed by atoms with Gasteiger partial charge in [0.15, 0.2) is 0 Å². The van der Waals surface area contributed by atoms with Gasteiger partial charge in [-0.15, -0.1) is 0 Å².